The van der Waals surface area contributed by atoms with Crippen molar-refractivity contribution >= 4 is 0 Å². The fraction of sp³-hybridized carbons (Fsp3) is 1.00. The maximum atomic E-state index is 2.39. The van der Waals surface area contributed by atoms with Crippen LogP contribution < -0.4 is 0 Å². The molecule has 1 saturated carbocycles. The molecule has 0 aromatic rings. The summed E-state index contributed by atoms with van der Waals surface area (Å²) in [6.07, 6.45) is 4.38. The monoisotopic (exact) mass is 140 g/mol. The first-order valence-electron chi connectivity index (χ1n) is 4.49. The minimum Gasteiger partial charge on any atom is -0.0622 e. The molecular formula is C10H20. The fourth-order valence-electron chi connectivity index (χ4n) is 1.83. The Balaban J connectivity index is 2.26. The van der Waals surface area contributed by atoms with E-state index in [1.165, 1.54) is 19.3 Å². The Bertz CT molecular complexity index is 108. The predicted octanol–water partition coefficient (Wildman–Crippen LogP) is 3.47. The van der Waals surface area contributed by atoms with Gasteiger partial charge in [0.25, 0.3) is 0 Å². The lowest BCUT2D eigenvalue weighted by atomic mass is 9.68. The zero-order valence-electron chi connectivity index (χ0n) is 7.78. The molecule has 10 heavy (non-hydrogen) atoms. The lowest BCUT2D eigenvalue weighted by Crippen LogP contribution is -2.27. The smallest absolute Gasteiger partial charge is 0.0380 e. The highest BCUT2D eigenvalue weighted by molar-refractivity contribution is 4.81. The standard InChI is InChI=1S/C10H20/c1-8-5-6-9(8)7-10(2,3)4/h8-9H,5-7H2,1-4H3. The van der Waals surface area contributed by atoms with Crippen molar-refractivity contribution in [2.75, 3.05) is 0 Å². The predicted molar refractivity (Wildman–Crippen MR) is 46.0 cm³/mol. The Labute approximate surface area is 65.0 Å². The number of hydrogen-bond donors (Lipinski definition) is 0. The first kappa shape index (κ1) is 8.10. The maximum absolute atomic E-state index is 2.39. The van der Waals surface area contributed by atoms with Crippen LogP contribution >= 0.6 is 0 Å². The van der Waals surface area contributed by atoms with E-state index in [4.69, 9.17) is 0 Å². The molecule has 0 aromatic carbocycles. The molecule has 0 aromatic heterocycles. The van der Waals surface area contributed by atoms with Crippen LogP contribution in [0.15, 0.2) is 0 Å². The molecule has 1 aliphatic carbocycles. The van der Waals surface area contributed by atoms with E-state index in [9.17, 15) is 0 Å². The van der Waals surface area contributed by atoms with Crippen molar-refractivity contribution in [1.82, 2.24) is 0 Å². The van der Waals surface area contributed by atoms with Crippen molar-refractivity contribution in [2.45, 2.75) is 47.0 Å². The van der Waals surface area contributed by atoms with Gasteiger partial charge < -0.3 is 0 Å². The second-order valence-electron chi connectivity index (χ2n) is 5.08. The van der Waals surface area contributed by atoms with Gasteiger partial charge in [-0.25, -0.2) is 0 Å². The third kappa shape index (κ3) is 2.00. The summed E-state index contributed by atoms with van der Waals surface area (Å²) >= 11 is 0. The summed E-state index contributed by atoms with van der Waals surface area (Å²) in [7, 11) is 0. The molecule has 0 bridgehead atoms. The minimum absolute atomic E-state index is 0.555. The van der Waals surface area contributed by atoms with E-state index < -0.39 is 0 Å². The Kier molecular flexibility index (Phi) is 2.07. The van der Waals surface area contributed by atoms with Crippen LogP contribution in [0.4, 0.5) is 0 Å². The van der Waals surface area contributed by atoms with E-state index in [2.05, 4.69) is 27.7 Å². The first-order valence-corrected chi connectivity index (χ1v) is 4.49. The maximum Gasteiger partial charge on any atom is -0.0380 e. The highest BCUT2D eigenvalue weighted by Gasteiger charge is 2.29. The molecule has 0 amide bonds. The third-order valence-electron chi connectivity index (χ3n) is 2.67. The van der Waals surface area contributed by atoms with Crippen LogP contribution in [-0.4, -0.2) is 0 Å². The van der Waals surface area contributed by atoms with Gasteiger partial charge in [0.05, 0.1) is 0 Å². The van der Waals surface area contributed by atoms with Crippen molar-refractivity contribution < 1.29 is 0 Å². The van der Waals surface area contributed by atoms with Gasteiger partial charge in [-0.3, -0.25) is 0 Å². The van der Waals surface area contributed by atoms with Crippen LogP contribution in [0.5, 0.6) is 0 Å². The number of hydrogen-bond acceptors (Lipinski definition) is 0. The molecule has 0 nitrogen and oxygen atoms in total. The second-order valence-corrected chi connectivity index (χ2v) is 5.08. The van der Waals surface area contributed by atoms with Gasteiger partial charge in [-0.15, -0.1) is 0 Å². The van der Waals surface area contributed by atoms with Crippen molar-refractivity contribution in [2.24, 2.45) is 17.3 Å². The van der Waals surface area contributed by atoms with Crippen LogP contribution in [0.1, 0.15) is 47.0 Å². The summed E-state index contributed by atoms with van der Waals surface area (Å²) in [5.74, 6) is 2.05. The van der Waals surface area contributed by atoms with Crippen molar-refractivity contribution in [3.63, 3.8) is 0 Å². The Morgan fingerprint density at radius 1 is 1.20 bits per heavy atom. The largest absolute Gasteiger partial charge is 0.0622 e. The van der Waals surface area contributed by atoms with Gasteiger partial charge in [0.15, 0.2) is 0 Å². The van der Waals surface area contributed by atoms with E-state index in [1.807, 2.05) is 0 Å². The molecule has 0 saturated heterocycles. The summed E-state index contributed by atoms with van der Waals surface area (Å²) in [4.78, 5) is 0. The number of rotatable bonds is 1. The molecule has 0 N–H and O–H groups in total. The van der Waals surface area contributed by atoms with E-state index in [0.717, 1.165) is 11.8 Å². The van der Waals surface area contributed by atoms with Crippen LogP contribution in [0, 0.1) is 17.3 Å². The molecular weight excluding hydrogens is 120 g/mol. The van der Waals surface area contributed by atoms with E-state index in [0.29, 0.717) is 5.41 Å². The average molecular weight is 140 g/mol. The molecule has 2 unspecified atom stereocenters. The quantitative estimate of drug-likeness (QED) is 0.523. The third-order valence-corrected chi connectivity index (χ3v) is 2.67. The topological polar surface area (TPSA) is 0 Å². The Morgan fingerprint density at radius 3 is 1.90 bits per heavy atom. The lowest BCUT2D eigenvalue weighted by molar-refractivity contribution is 0.132. The molecule has 2 atom stereocenters. The SMILES string of the molecule is CC1CCC1CC(C)(C)C. The van der Waals surface area contributed by atoms with Gasteiger partial charge in [-0.05, 0) is 30.1 Å². The zero-order valence-corrected chi connectivity index (χ0v) is 7.78. The molecule has 1 rings (SSSR count). The first-order chi connectivity index (χ1) is 4.49. The highest BCUT2D eigenvalue weighted by Crippen LogP contribution is 2.41. The second kappa shape index (κ2) is 2.56. The van der Waals surface area contributed by atoms with Gasteiger partial charge >= 0.3 is 0 Å². The van der Waals surface area contributed by atoms with Crippen LogP contribution in [0.25, 0.3) is 0 Å². The van der Waals surface area contributed by atoms with Gasteiger partial charge in [0.2, 0.25) is 0 Å². The van der Waals surface area contributed by atoms with E-state index in [-0.39, 0.29) is 0 Å². The van der Waals surface area contributed by atoms with Crippen molar-refractivity contribution in [1.29, 1.82) is 0 Å². The van der Waals surface area contributed by atoms with Crippen molar-refractivity contribution in [3.05, 3.63) is 0 Å². The molecule has 1 fully saturated rings. The van der Waals surface area contributed by atoms with Gasteiger partial charge in [0.1, 0.15) is 0 Å². The van der Waals surface area contributed by atoms with E-state index >= 15 is 0 Å². The summed E-state index contributed by atoms with van der Waals surface area (Å²) in [5.41, 5.74) is 0.555. The fourth-order valence-corrected chi connectivity index (χ4v) is 1.83. The molecule has 60 valence electrons. The highest BCUT2D eigenvalue weighted by atomic mass is 14.4. The summed E-state index contributed by atoms with van der Waals surface area (Å²) < 4.78 is 0. The minimum atomic E-state index is 0.555. The van der Waals surface area contributed by atoms with E-state index in [1.54, 1.807) is 0 Å². The van der Waals surface area contributed by atoms with Gasteiger partial charge in [-0.2, -0.15) is 0 Å². The molecule has 0 spiro atoms. The van der Waals surface area contributed by atoms with Crippen molar-refractivity contribution in [3.8, 4) is 0 Å². The molecule has 0 heterocycles. The molecule has 0 radical (unpaired) electrons. The normalized spacial score (nSPS) is 33.6. The molecule has 1 aliphatic rings. The summed E-state index contributed by atoms with van der Waals surface area (Å²) in [6, 6.07) is 0. The average Bonchev–Trinajstić information content (AvgIpc) is 1.78. The van der Waals surface area contributed by atoms with Gasteiger partial charge in [-0.1, -0.05) is 34.1 Å². The lowest BCUT2D eigenvalue weighted by Gasteiger charge is -2.38. The van der Waals surface area contributed by atoms with Crippen LogP contribution in [0.3, 0.4) is 0 Å². The summed E-state index contributed by atoms with van der Waals surface area (Å²) in [5, 5.41) is 0. The molecule has 0 heteroatoms. The Morgan fingerprint density at radius 2 is 1.80 bits per heavy atom. The Hall–Kier alpha value is 0. The van der Waals surface area contributed by atoms with Crippen LogP contribution in [-0.2, 0) is 0 Å². The summed E-state index contributed by atoms with van der Waals surface area (Å²) in [6.45, 7) is 9.42. The molecule has 0 aliphatic heterocycles. The zero-order chi connectivity index (χ0) is 7.78. The van der Waals surface area contributed by atoms with Crippen LogP contribution in [0.2, 0.25) is 0 Å². The van der Waals surface area contributed by atoms with Gasteiger partial charge in [0, 0.05) is 0 Å².